The molecule has 2 N–H and O–H groups in total. The molecule has 2 atom stereocenters. The number of hydrogen-bond donors (Lipinski definition) is 2. The maximum absolute atomic E-state index is 12.8. The zero-order valence-corrected chi connectivity index (χ0v) is 18.8. The molecule has 1 saturated heterocycles. The van der Waals surface area contributed by atoms with Gasteiger partial charge in [-0.15, -0.1) is 0 Å². The van der Waals surface area contributed by atoms with E-state index in [1.165, 1.54) is 7.11 Å². The number of amides is 2. The zero-order valence-electron chi connectivity index (χ0n) is 18.8. The van der Waals surface area contributed by atoms with Gasteiger partial charge < -0.3 is 24.8 Å². The van der Waals surface area contributed by atoms with Crippen LogP contribution < -0.4 is 15.4 Å². The molecule has 0 bridgehead atoms. The third kappa shape index (κ3) is 5.40. The van der Waals surface area contributed by atoms with Crippen LogP contribution in [0, 0.1) is 5.92 Å². The lowest BCUT2D eigenvalue weighted by molar-refractivity contribution is -0.150. The number of ether oxygens (including phenoxy) is 3. The van der Waals surface area contributed by atoms with Crippen LogP contribution in [0.25, 0.3) is 0 Å². The van der Waals surface area contributed by atoms with Gasteiger partial charge in [0.2, 0.25) is 0 Å². The fraction of sp³-hybridized carbons (Fsp3) is 0.522. The molecule has 0 aromatic heterocycles. The lowest BCUT2D eigenvalue weighted by Gasteiger charge is -2.35. The minimum atomic E-state index is -0.723. The molecule has 1 fully saturated rings. The Morgan fingerprint density at radius 1 is 1.19 bits per heavy atom. The summed E-state index contributed by atoms with van der Waals surface area (Å²) in [6.07, 6.45) is 1.59. The van der Waals surface area contributed by atoms with Crippen LogP contribution in [0.5, 0.6) is 5.75 Å². The Balaban J connectivity index is 1.93. The van der Waals surface area contributed by atoms with Gasteiger partial charge in [0.15, 0.2) is 0 Å². The summed E-state index contributed by atoms with van der Waals surface area (Å²) in [6.45, 7) is 6.00. The van der Waals surface area contributed by atoms with Gasteiger partial charge in [0.1, 0.15) is 5.75 Å². The van der Waals surface area contributed by atoms with Gasteiger partial charge >= 0.3 is 18.0 Å². The molecule has 0 unspecified atom stereocenters. The van der Waals surface area contributed by atoms with E-state index < -0.39 is 18.0 Å². The summed E-state index contributed by atoms with van der Waals surface area (Å²) in [4.78, 5) is 39.6. The second-order valence-electron chi connectivity index (χ2n) is 7.71. The van der Waals surface area contributed by atoms with E-state index in [2.05, 4.69) is 15.5 Å². The second-order valence-corrected chi connectivity index (χ2v) is 7.71. The predicted octanol–water partition coefficient (Wildman–Crippen LogP) is 2.14. The molecule has 0 aliphatic carbocycles. The van der Waals surface area contributed by atoms with Crippen molar-refractivity contribution in [1.29, 1.82) is 0 Å². The highest BCUT2D eigenvalue weighted by molar-refractivity contribution is 5.95. The van der Waals surface area contributed by atoms with Crippen molar-refractivity contribution < 1.29 is 28.6 Å². The molecule has 1 aromatic carbocycles. The van der Waals surface area contributed by atoms with Crippen LogP contribution in [0.1, 0.15) is 38.3 Å². The van der Waals surface area contributed by atoms with Crippen LogP contribution in [0.3, 0.4) is 0 Å². The summed E-state index contributed by atoms with van der Waals surface area (Å²) in [7, 11) is 1.31. The quantitative estimate of drug-likeness (QED) is 0.591. The first-order chi connectivity index (χ1) is 15.5. The summed E-state index contributed by atoms with van der Waals surface area (Å²) in [6, 6.07) is 6.15. The molecule has 2 amide bonds. The highest BCUT2D eigenvalue weighted by atomic mass is 16.5. The number of piperidine rings is 1. The number of carbonyl (C=O) groups is 3. The van der Waals surface area contributed by atoms with E-state index >= 15 is 0 Å². The van der Waals surface area contributed by atoms with Crippen molar-refractivity contribution in [2.45, 2.75) is 32.7 Å². The number of carbonyl (C=O) groups excluding carboxylic acids is 3. The molecular formula is C23H31N3O6. The monoisotopic (exact) mass is 445 g/mol. The van der Waals surface area contributed by atoms with Crippen molar-refractivity contribution in [3.05, 3.63) is 41.1 Å². The normalized spacial score (nSPS) is 21.4. The predicted molar refractivity (Wildman–Crippen MR) is 117 cm³/mol. The lowest BCUT2D eigenvalue weighted by Crippen LogP contribution is -2.50. The van der Waals surface area contributed by atoms with E-state index in [1.807, 2.05) is 25.1 Å². The summed E-state index contributed by atoms with van der Waals surface area (Å²) < 4.78 is 16.0. The summed E-state index contributed by atoms with van der Waals surface area (Å²) in [5.74, 6) is -0.388. The van der Waals surface area contributed by atoms with Gasteiger partial charge in [0, 0.05) is 24.4 Å². The first-order valence-electron chi connectivity index (χ1n) is 11.0. The van der Waals surface area contributed by atoms with Crippen LogP contribution in [0.15, 0.2) is 35.5 Å². The van der Waals surface area contributed by atoms with Crippen molar-refractivity contribution in [2.75, 3.05) is 40.0 Å². The number of nitrogens with zero attached hydrogens (tertiary/aromatic N) is 1. The number of urea groups is 1. The van der Waals surface area contributed by atoms with Crippen molar-refractivity contribution in [1.82, 2.24) is 15.5 Å². The lowest BCUT2D eigenvalue weighted by atomic mass is 9.93. The van der Waals surface area contributed by atoms with Crippen LogP contribution >= 0.6 is 0 Å². The third-order valence-corrected chi connectivity index (χ3v) is 5.60. The van der Waals surface area contributed by atoms with Gasteiger partial charge in [-0.25, -0.2) is 9.59 Å². The minimum absolute atomic E-state index is 0.211. The maximum Gasteiger partial charge on any atom is 0.338 e. The third-order valence-electron chi connectivity index (χ3n) is 5.60. The number of nitrogens with one attached hydrogen (secondary N) is 2. The highest BCUT2D eigenvalue weighted by Crippen LogP contribution is 2.34. The molecule has 9 nitrogen and oxygen atoms in total. The van der Waals surface area contributed by atoms with Crippen LogP contribution in [0.2, 0.25) is 0 Å². The number of para-hydroxylation sites is 1. The molecule has 9 heteroatoms. The van der Waals surface area contributed by atoms with E-state index in [1.54, 1.807) is 13.0 Å². The first kappa shape index (κ1) is 23.6. The number of methoxy groups -OCH3 is 1. The molecule has 32 heavy (non-hydrogen) atoms. The van der Waals surface area contributed by atoms with Gasteiger partial charge in [0.25, 0.3) is 0 Å². The Kier molecular flexibility index (Phi) is 8.10. The van der Waals surface area contributed by atoms with Crippen molar-refractivity contribution in [3.8, 4) is 5.75 Å². The van der Waals surface area contributed by atoms with Crippen molar-refractivity contribution in [3.63, 3.8) is 0 Å². The summed E-state index contributed by atoms with van der Waals surface area (Å²) >= 11 is 0. The standard InChI is InChI=1S/C23H31N3O6/c1-4-31-18-11-7-6-10-16(18)20-19(22(28)30-3)17(24-23(29)25-20)14-26-12-8-9-15(13-26)21(27)32-5-2/h6-7,10-11,15,20H,4-5,8-9,12-14H2,1-3H3,(H2,24,25,29)/t15-,20+/m1/s1. The Morgan fingerprint density at radius 3 is 2.69 bits per heavy atom. The Labute approximate surface area is 188 Å². The molecule has 0 spiro atoms. The Morgan fingerprint density at radius 2 is 1.97 bits per heavy atom. The number of likely N-dealkylation sites (tertiary alicyclic amines) is 1. The molecule has 2 heterocycles. The molecule has 0 saturated carbocycles. The SMILES string of the molecule is CCOC(=O)[C@@H]1CCCN(CC2=C(C(=O)OC)[C@H](c3ccccc3OCC)NC(=O)N2)C1. The second kappa shape index (κ2) is 11.0. The van der Waals surface area contributed by atoms with Gasteiger partial charge in [-0.2, -0.15) is 0 Å². The van der Waals surface area contributed by atoms with Gasteiger partial charge in [-0.3, -0.25) is 9.69 Å². The Hall–Kier alpha value is -3.07. The van der Waals surface area contributed by atoms with E-state index in [-0.39, 0.29) is 11.9 Å². The van der Waals surface area contributed by atoms with Gasteiger partial charge in [-0.05, 0) is 39.3 Å². The maximum atomic E-state index is 12.8. The van der Waals surface area contributed by atoms with Crippen molar-refractivity contribution >= 4 is 18.0 Å². The van der Waals surface area contributed by atoms with E-state index in [0.29, 0.717) is 48.9 Å². The molecule has 174 valence electrons. The number of benzene rings is 1. The molecule has 3 rings (SSSR count). The fourth-order valence-electron chi connectivity index (χ4n) is 4.21. The van der Waals surface area contributed by atoms with E-state index in [9.17, 15) is 14.4 Å². The van der Waals surface area contributed by atoms with E-state index in [0.717, 1.165) is 19.4 Å². The summed E-state index contributed by atoms with van der Waals surface area (Å²) in [5, 5.41) is 5.61. The average Bonchev–Trinajstić information content (AvgIpc) is 2.79. The molecule has 2 aliphatic heterocycles. The van der Waals surface area contributed by atoms with E-state index in [4.69, 9.17) is 14.2 Å². The fourth-order valence-corrected chi connectivity index (χ4v) is 4.21. The van der Waals surface area contributed by atoms with Gasteiger partial charge in [-0.1, -0.05) is 18.2 Å². The highest BCUT2D eigenvalue weighted by Gasteiger charge is 2.36. The summed E-state index contributed by atoms with van der Waals surface area (Å²) in [5.41, 5.74) is 1.45. The smallest absolute Gasteiger partial charge is 0.338 e. The minimum Gasteiger partial charge on any atom is -0.494 e. The zero-order chi connectivity index (χ0) is 23.1. The molecule has 0 radical (unpaired) electrons. The molecule has 2 aliphatic rings. The topological polar surface area (TPSA) is 106 Å². The average molecular weight is 446 g/mol. The molecular weight excluding hydrogens is 414 g/mol. The largest absolute Gasteiger partial charge is 0.494 e. The number of rotatable bonds is 8. The number of esters is 2. The van der Waals surface area contributed by atoms with Gasteiger partial charge in [0.05, 0.1) is 37.9 Å². The van der Waals surface area contributed by atoms with Crippen LogP contribution in [-0.2, 0) is 19.1 Å². The molecule has 1 aromatic rings. The van der Waals surface area contributed by atoms with Crippen molar-refractivity contribution in [2.24, 2.45) is 5.92 Å². The Bertz CT molecular complexity index is 884. The first-order valence-corrected chi connectivity index (χ1v) is 11.0. The van der Waals surface area contributed by atoms with Crippen LogP contribution in [0.4, 0.5) is 4.79 Å². The number of hydrogen-bond acceptors (Lipinski definition) is 7. The van der Waals surface area contributed by atoms with Crippen LogP contribution in [-0.4, -0.2) is 62.8 Å².